The third kappa shape index (κ3) is 5.54. The average molecular weight is 198 g/mol. The molecule has 0 saturated carbocycles. The van der Waals surface area contributed by atoms with Crippen LogP contribution in [0.2, 0.25) is 0 Å². The van der Waals surface area contributed by atoms with Crippen molar-refractivity contribution in [3.05, 3.63) is 24.8 Å². The normalized spacial score (nSPS) is 15.1. The Hall–Kier alpha value is -1.09. The number of aliphatic hydroxyl groups is 1. The van der Waals surface area contributed by atoms with Crippen LogP contribution in [0.15, 0.2) is 24.8 Å². The number of aliphatic hydroxyl groups excluding tert-OH is 1. The first kappa shape index (κ1) is 12.9. The zero-order chi connectivity index (χ0) is 11.0. The average Bonchev–Trinajstić information content (AvgIpc) is 2.15. The summed E-state index contributed by atoms with van der Waals surface area (Å²) in [5.41, 5.74) is 0. The number of rotatable bonds is 6. The molecule has 0 aromatic rings. The minimum atomic E-state index is -0.488. The van der Waals surface area contributed by atoms with Gasteiger partial charge in [-0.25, -0.2) is 4.79 Å². The van der Waals surface area contributed by atoms with Crippen LogP contribution < -0.4 is 0 Å². The zero-order valence-corrected chi connectivity index (χ0v) is 8.77. The van der Waals surface area contributed by atoms with Gasteiger partial charge in [-0.05, 0) is 13.3 Å². The first-order valence-corrected chi connectivity index (χ1v) is 4.75. The Labute approximate surface area is 85.1 Å². The summed E-state index contributed by atoms with van der Waals surface area (Å²) < 4.78 is 4.70. The minimum absolute atomic E-state index is 0.0718. The quantitative estimate of drug-likeness (QED) is 0.401. The number of hydrogen-bond acceptors (Lipinski definition) is 3. The highest BCUT2D eigenvalue weighted by molar-refractivity contribution is 5.81. The Kier molecular flexibility index (Phi) is 6.76. The number of carbonyl (C=O) groups is 1. The molecule has 0 rings (SSSR count). The van der Waals surface area contributed by atoms with Crippen molar-refractivity contribution < 1.29 is 14.6 Å². The number of esters is 1. The lowest BCUT2D eigenvalue weighted by Crippen LogP contribution is -2.14. The van der Waals surface area contributed by atoms with Crippen molar-refractivity contribution in [2.24, 2.45) is 5.92 Å². The fourth-order valence-corrected chi connectivity index (χ4v) is 0.934. The van der Waals surface area contributed by atoms with Crippen molar-refractivity contribution in [1.29, 1.82) is 0 Å². The molecule has 0 amide bonds. The molecule has 14 heavy (non-hydrogen) atoms. The van der Waals surface area contributed by atoms with Crippen LogP contribution in [-0.2, 0) is 9.53 Å². The van der Waals surface area contributed by atoms with E-state index in [-0.39, 0.29) is 11.9 Å². The van der Waals surface area contributed by atoms with Crippen LogP contribution in [-0.4, -0.2) is 23.8 Å². The molecule has 0 aliphatic heterocycles. The van der Waals surface area contributed by atoms with Crippen molar-refractivity contribution in [3.8, 4) is 0 Å². The Morgan fingerprint density at radius 2 is 2.29 bits per heavy atom. The van der Waals surface area contributed by atoms with E-state index < -0.39 is 6.10 Å². The van der Waals surface area contributed by atoms with Crippen LogP contribution in [0, 0.1) is 5.92 Å². The highest BCUT2D eigenvalue weighted by Gasteiger charge is 2.09. The van der Waals surface area contributed by atoms with Gasteiger partial charge in [0.15, 0.2) is 0 Å². The maximum atomic E-state index is 10.9. The molecule has 0 saturated heterocycles. The van der Waals surface area contributed by atoms with E-state index in [0.29, 0.717) is 13.0 Å². The predicted molar refractivity (Wildman–Crippen MR) is 55.8 cm³/mol. The highest BCUT2D eigenvalue weighted by Crippen LogP contribution is 2.08. The topological polar surface area (TPSA) is 46.5 Å². The van der Waals surface area contributed by atoms with Gasteiger partial charge in [-0.1, -0.05) is 19.1 Å². The molecular weight excluding hydrogens is 180 g/mol. The second-order valence-electron chi connectivity index (χ2n) is 3.06. The molecule has 2 atom stereocenters. The number of ether oxygens (including phenoxy) is 1. The van der Waals surface area contributed by atoms with Gasteiger partial charge in [-0.3, -0.25) is 0 Å². The molecule has 0 aromatic heterocycles. The predicted octanol–water partition coefficient (Wildman–Crippen LogP) is 1.68. The van der Waals surface area contributed by atoms with E-state index in [2.05, 4.69) is 6.58 Å². The van der Waals surface area contributed by atoms with Gasteiger partial charge in [-0.2, -0.15) is 0 Å². The Morgan fingerprint density at radius 3 is 2.79 bits per heavy atom. The largest absolute Gasteiger partial charge is 0.463 e. The third-order valence-electron chi connectivity index (χ3n) is 1.84. The first-order valence-electron chi connectivity index (χ1n) is 4.75. The monoisotopic (exact) mass is 198 g/mol. The van der Waals surface area contributed by atoms with Crippen molar-refractivity contribution in [2.45, 2.75) is 26.4 Å². The van der Waals surface area contributed by atoms with E-state index in [4.69, 9.17) is 4.74 Å². The molecule has 0 aromatic carbocycles. The van der Waals surface area contributed by atoms with Gasteiger partial charge in [0, 0.05) is 12.0 Å². The lowest BCUT2D eigenvalue weighted by atomic mass is 10.0. The number of carbonyl (C=O) groups excluding carboxylic acids is 1. The van der Waals surface area contributed by atoms with Gasteiger partial charge >= 0.3 is 5.97 Å². The molecule has 0 aliphatic carbocycles. The minimum Gasteiger partial charge on any atom is -0.463 e. The van der Waals surface area contributed by atoms with Gasteiger partial charge in [0.05, 0.1) is 12.7 Å². The molecule has 80 valence electrons. The molecule has 0 spiro atoms. The standard InChI is InChI=1S/C11H18O3/c1-4-6-10(12)9(3)7-8-11(13)14-5-2/h4,7-10,12H,1,5-6H2,2-3H3/b8-7+. The summed E-state index contributed by atoms with van der Waals surface area (Å²) in [5.74, 6) is -0.442. The van der Waals surface area contributed by atoms with Crippen molar-refractivity contribution in [2.75, 3.05) is 6.61 Å². The van der Waals surface area contributed by atoms with E-state index in [9.17, 15) is 9.90 Å². The SMILES string of the molecule is C=CCC(O)C(C)/C=C/C(=O)OCC. The van der Waals surface area contributed by atoms with Gasteiger partial charge in [0.25, 0.3) is 0 Å². The van der Waals surface area contributed by atoms with Crippen molar-refractivity contribution in [3.63, 3.8) is 0 Å². The van der Waals surface area contributed by atoms with Gasteiger partial charge in [0.2, 0.25) is 0 Å². The van der Waals surface area contributed by atoms with Gasteiger partial charge in [0.1, 0.15) is 0 Å². The smallest absolute Gasteiger partial charge is 0.330 e. The summed E-state index contributed by atoms with van der Waals surface area (Å²) in [6, 6.07) is 0. The van der Waals surface area contributed by atoms with E-state index in [1.165, 1.54) is 6.08 Å². The molecular formula is C11H18O3. The Bertz CT molecular complexity index is 209. The molecule has 0 radical (unpaired) electrons. The molecule has 0 heterocycles. The van der Waals surface area contributed by atoms with Crippen LogP contribution in [0.25, 0.3) is 0 Å². The van der Waals surface area contributed by atoms with Gasteiger partial charge in [-0.15, -0.1) is 6.58 Å². The second-order valence-corrected chi connectivity index (χ2v) is 3.06. The maximum Gasteiger partial charge on any atom is 0.330 e. The van der Waals surface area contributed by atoms with Gasteiger partial charge < -0.3 is 9.84 Å². The third-order valence-corrected chi connectivity index (χ3v) is 1.84. The lowest BCUT2D eigenvalue weighted by Gasteiger charge is -2.12. The van der Waals surface area contributed by atoms with E-state index in [1.807, 2.05) is 6.92 Å². The van der Waals surface area contributed by atoms with E-state index >= 15 is 0 Å². The highest BCUT2D eigenvalue weighted by atomic mass is 16.5. The zero-order valence-electron chi connectivity index (χ0n) is 8.77. The van der Waals surface area contributed by atoms with Crippen LogP contribution in [0.3, 0.4) is 0 Å². The molecule has 2 unspecified atom stereocenters. The van der Waals surface area contributed by atoms with E-state index in [0.717, 1.165) is 0 Å². The first-order chi connectivity index (χ1) is 6.61. The Morgan fingerprint density at radius 1 is 1.64 bits per heavy atom. The summed E-state index contributed by atoms with van der Waals surface area (Å²) in [6.07, 6.45) is 4.68. The lowest BCUT2D eigenvalue weighted by molar-refractivity contribution is -0.137. The summed E-state index contributed by atoms with van der Waals surface area (Å²) in [4.78, 5) is 10.9. The molecule has 0 bridgehead atoms. The fraction of sp³-hybridized carbons (Fsp3) is 0.545. The number of hydrogen-bond donors (Lipinski definition) is 1. The maximum absolute atomic E-state index is 10.9. The van der Waals surface area contributed by atoms with E-state index in [1.54, 1.807) is 19.1 Å². The van der Waals surface area contributed by atoms with Crippen LogP contribution in [0.4, 0.5) is 0 Å². The summed E-state index contributed by atoms with van der Waals surface area (Å²) in [7, 11) is 0. The molecule has 0 fully saturated rings. The van der Waals surface area contributed by atoms with Crippen LogP contribution >= 0.6 is 0 Å². The second kappa shape index (κ2) is 7.33. The summed E-state index contributed by atoms with van der Waals surface area (Å²) >= 11 is 0. The van der Waals surface area contributed by atoms with Crippen LogP contribution in [0.1, 0.15) is 20.3 Å². The molecule has 1 N–H and O–H groups in total. The fourth-order valence-electron chi connectivity index (χ4n) is 0.934. The molecule has 0 aliphatic rings. The summed E-state index contributed by atoms with van der Waals surface area (Å²) in [6.45, 7) is 7.49. The molecule has 3 heteroatoms. The molecule has 3 nitrogen and oxygen atoms in total. The van der Waals surface area contributed by atoms with Crippen molar-refractivity contribution >= 4 is 5.97 Å². The Balaban J connectivity index is 3.96. The van der Waals surface area contributed by atoms with Crippen molar-refractivity contribution in [1.82, 2.24) is 0 Å². The summed E-state index contributed by atoms with van der Waals surface area (Å²) in [5, 5.41) is 9.49. The van der Waals surface area contributed by atoms with Crippen LogP contribution in [0.5, 0.6) is 0 Å².